The predicted molar refractivity (Wildman–Crippen MR) is 67.6 cm³/mol. The van der Waals surface area contributed by atoms with Crippen molar-refractivity contribution in [2.45, 2.75) is 19.6 Å². The number of hydrogen-bond acceptors (Lipinski definition) is 3. The van der Waals surface area contributed by atoms with E-state index in [0.717, 1.165) is 17.0 Å². The number of para-hydroxylation sites is 1. The zero-order valence-electron chi connectivity index (χ0n) is 9.84. The first-order valence-corrected chi connectivity index (χ1v) is 5.67. The molecule has 3 nitrogen and oxygen atoms in total. The summed E-state index contributed by atoms with van der Waals surface area (Å²) in [5.74, 6) is 0.827. The van der Waals surface area contributed by atoms with Gasteiger partial charge in [-0.3, -0.25) is 4.98 Å². The molecule has 1 unspecified atom stereocenters. The molecule has 0 fully saturated rings. The Morgan fingerprint density at radius 2 is 1.94 bits per heavy atom. The third kappa shape index (κ3) is 2.82. The fraction of sp³-hybridized carbons (Fsp3) is 0.214. The second kappa shape index (κ2) is 5.46. The molecule has 0 saturated heterocycles. The number of aromatic nitrogens is 1. The molecule has 88 valence electrons. The summed E-state index contributed by atoms with van der Waals surface area (Å²) in [5.41, 5.74) is 7.59. The van der Waals surface area contributed by atoms with Gasteiger partial charge in [-0.1, -0.05) is 24.3 Å². The van der Waals surface area contributed by atoms with Crippen molar-refractivity contribution in [2.24, 2.45) is 5.73 Å². The lowest BCUT2D eigenvalue weighted by Crippen LogP contribution is -2.08. The summed E-state index contributed by atoms with van der Waals surface area (Å²) >= 11 is 0. The summed E-state index contributed by atoms with van der Waals surface area (Å²) < 4.78 is 5.88. The number of pyridine rings is 1. The first-order chi connectivity index (χ1) is 8.31. The molecule has 2 aromatic rings. The lowest BCUT2D eigenvalue weighted by Gasteiger charge is -2.16. The van der Waals surface area contributed by atoms with Gasteiger partial charge < -0.3 is 10.5 Å². The van der Waals surface area contributed by atoms with Crippen molar-refractivity contribution in [3.8, 4) is 5.75 Å². The van der Waals surface area contributed by atoms with Crippen LogP contribution >= 0.6 is 0 Å². The number of hydrogen-bond donors (Lipinski definition) is 1. The van der Waals surface area contributed by atoms with Crippen molar-refractivity contribution >= 4 is 0 Å². The van der Waals surface area contributed by atoms with E-state index in [-0.39, 0.29) is 6.10 Å². The van der Waals surface area contributed by atoms with Crippen LogP contribution in [0.1, 0.15) is 24.3 Å². The molecule has 3 heteroatoms. The minimum atomic E-state index is -0.0797. The van der Waals surface area contributed by atoms with Crippen molar-refractivity contribution in [3.63, 3.8) is 0 Å². The van der Waals surface area contributed by atoms with Crippen LogP contribution < -0.4 is 10.5 Å². The molecule has 0 aliphatic rings. The molecule has 0 spiro atoms. The van der Waals surface area contributed by atoms with Gasteiger partial charge >= 0.3 is 0 Å². The molecule has 2 rings (SSSR count). The third-order valence-electron chi connectivity index (χ3n) is 2.60. The van der Waals surface area contributed by atoms with E-state index in [1.807, 2.05) is 49.4 Å². The summed E-state index contributed by atoms with van der Waals surface area (Å²) in [6.07, 6.45) is 1.69. The predicted octanol–water partition coefficient (Wildman–Crippen LogP) is 2.68. The second-order valence-electron chi connectivity index (χ2n) is 3.83. The lowest BCUT2D eigenvalue weighted by molar-refractivity contribution is 0.219. The fourth-order valence-electron chi connectivity index (χ4n) is 1.65. The Morgan fingerprint density at radius 3 is 2.65 bits per heavy atom. The highest BCUT2D eigenvalue weighted by Crippen LogP contribution is 2.23. The van der Waals surface area contributed by atoms with E-state index in [9.17, 15) is 0 Å². The van der Waals surface area contributed by atoms with Crippen LogP contribution in [-0.2, 0) is 6.54 Å². The summed E-state index contributed by atoms with van der Waals surface area (Å²) in [6.45, 7) is 2.46. The van der Waals surface area contributed by atoms with Crippen molar-refractivity contribution in [2.75, 3.05) is 0 Å². The molecule has 0 radical (unpaired) electrons. The van der Waals surface area contributed by atoms with Gasteiger partial charge in [-0.15, -0.1) is 0 Å². The number of nitrogens with zero attached hydrogens (tertiary/aromatic N) is 1. The van der Waals surface area contributed by atoms with Crippen LogP contribution in [0.15, 0.2) is 48.7 Å². The van der Waals surface area contributed by atoms with Crippen LogP contribution in [0.3, 0.4) is 0 Å². The Kier molecular flexibility index (Phi) is 3.73. The highest BCUT2D eigenvalue weighted by atomic mass is 16.5. The second-order valence-corrected chi connectivity index (χ2v) is 3.83. The Hall–Kier alpha value is -1.87. The van der Waals surface area contributed by atoms with Crippen LogP contribution in [0.5, 0.6) is 5.75 Å². The molecule has 0 amide bonds. The van der Waals surface area contributed by atoms with Gasteiger partial charge in [0.25, 0.3) is 0 Å². The average Bonchev–Trinajstić information content (AvgIpc) is 2.40. The number of nitrogens with two attached hydrogens (primary N) is 1. The van der Waals surface area contributed by atoms with Crippen molar-refractivity contribution in [1.29, 1.82) is 0 Å². The normalized spacial score (nSPS) is 12.1. The maximum absolute atomic E-state index is 5.88. The molecule has 1 atom stereocenters. The van der Waals surface area contributed by atoms with Gasteiger partial charge in [0.2, 0.25) is 0 Å². The number of benzene rings is 1. The topological polar surface area (TPSA) is 48.1 Å². The molecule has 1 heterocycles. The Bertz CT molecular complexity index is 471. The molecular formula is C14H16N2O. The Labute approximate surface area is 101 Å². The average molecular weight is 228 g/mol. The first kappa shape index (κ1) is 11.6. The highest BCUT2D eigenvalue weighted by Gasteiger charge is 2.09. The van der Waals surface area contributed by atoms with E-state index in [4.69, 9.17) is 10.5 Å². The maximum atomic E-state index is 5.88. The number of rotatable bonds is 4. The minimum Gasteiger partial charge on any atom is -0.484 e. The largest absolute Gasteiger partial charge is 0.484 e. The smallest absolute Gasteiger partial charge is 0.138 e. The fourth-order valence-corrected chi connectivity index (χ4v) is 1.65. The summed E-state index contributed by atoms with van der Waals surface area (Å²) in [7, 11) is 0. The van der Waals surface area contributed by atoms with Crippen LogP contribution in [0, 0.1) is 0 Å². The molecule has 0 aliphatic heterocycles. The van der Waals surface area contributed by atoms with Crippen molar-refractivity contribution in [1.82, 2.24) is 4.98 Å². The molecule has 1 aromatic carbocycles. The molecule has 0 bridgehead atoms. The maximum Gasteiger partial charge on any atom is 0.138 e. The van der Waals surface area contributed by atoms with Gasteiger partial charge in [0, 0.05) is 18.3 Å². The van der Waals surface area contributed by atoms with E-state index in [1.165, 1.54) is 0 Å². The molecule has 0 saturated carbocycles. The summed E-state index contributed by atoms with van der Waals surface area (Å²) in [4.78, 5) is 4.27. The van der Waals surface area contributed by atoms with E-state index in [0.29, 0.717) is 6.54 Å². The SMILES string of the molecule is CC(Oc1ccccc1CN)c1ccccn1. The summed E-state index contributed by atoms with van der Waals surface area (Å²) in [6, 6.07) is 13.6. The van der Waals surface area contributed by atoms with E-state index >= 15 is 0 Å². The molecule has 17 heavy (non-hydrogen) atoms. The van der Waals surface area contributed by atoms with Gasteiger partial charge in [-0.05, 0) is 25.1 Å². The monoisotopic (exact) mass is 228 g/mol. The van der Waals surface area contributed by atoms with Gasteiger partial charge in [0.1, 0.15) is 11.9 Å². The zero-order chi connectivity index (χ0) is 12.1. The van der Waals surface area contributed by atoms with E-state index in [1.54, 1.807) is 6.20 Å². The van der Waals surface area contributed by atoms with E-state index in [2.05, 4.69) is 4.98 Å². The Morgan fingerprint density at radius 1 is 1.18 bits per heavy atom. The van der Waals surface area contributed by atoms with Gasteiger partial charge in [0.15, 0.2) is 0 Å². The van der Waals surface area contributed by atoms with Gasteiger partial charge in [0.05, 0.1) is 5.69 Å². The Balaban J connectivity index is 2.16. The van der Waals surface area contributed by atoms with Crippen LogP contribution in [0.2, 0.25) is 0 Å². The first-order valence-electron chi connectivity index (χ1n) is 5.67. The quantitative estimate of drug-likeness (QED) is 0.875. The molecule has 0 aliphatic carbocycles. The lowest BCUT2D eigenvalue weighted by atomic mass is 10.2. The van der Waals surface area contributed by atoms with Crippen molar-refractivity contribution < 1.29 is 4.74 Å². The standard InChI is InChI=1S/C14H16N2O/c1-11(13-7-4-5-9-16-13)17-14-8-3-2-6-12(14)10-15/h2-9,11H,10,15H2,1H3. The minimum absolute atomic E-state index is 0.0797. The number of ether oxygens (including phenoxy) is 1. The molecule has 2 N–H and O–H groups in total. The molecule has 1 aromatic heterocycles. The van der Waals surface area contributed by atoms with Crippen LogP contribution in [-0.4, -0.2) is 4.98 Å². The van der Waals surface area contributed by atoms with Crippen LogP contribution in [0.25, 0.3) is 0 Å². The van der Waals surface area contributed by atoms with Gasteiger partial charge in [-0.25, -0.2) is 0 Å². The molecular weight excluding hydrogens is 212 g/mol. The third-order valence-corrected chi connectivity index (χ3v) is 2.60. The zero-order valence-corrected chi connectivity index (χ0v) is 9.84. The van der Waals surface area contributed by atoms with Gasteiger partial charge in [-0.2, -0.15) is 0 Å². The van der Waals surface area contributed by atoms with Crippen molar-refractivity contribution in [3.05, 3.63) is 59.9 Å². The highest BCUT2D eigenvalue weighted by molar-refractivity contribution is 5.33. The summed E-state index contributed by atoms with van der Waals surface area (Å²) in [5, 5.41) is 0. The van der Waals surface area contributed by atoms with Crippen LogP contribution in [0.4, 0.5) is 0 Å². The van der Waals surface area contributed by atoms with E-state index < -0.39 is 0 Å².